The molecule has 7 heteroatoms. The second-order valence-electron chi connectivity index (χ2n) is 4.92. The van der Waals surface area contributed by atoms with Crippen molar-refractivity contribution in [2.24, 2.45) is 0 Å². The van der Waals surface area contributed by atoms with Crippen molar-refractivity contribution in [3.63, 3.8) is 0 Å². The highest BCUT2D eigenvalue weighted by Crippen LogP contribution is 2.26. The van der Waals surface area contributed by atoms with Gasteiger partial charge in [0.05, 0.1) is 4.47 Å². The fourth-order valence-corrected chi connectivity index (χ4v) is 2.53. The Balaban J connectivity index is 1.81. The summed E-state index contributed by atoms with van der Waals surface area (Å²) in [6.45, 7) is 1.84. The number of aryl methyl sites for hydroxylation is 1. The second kappa shape index (κ2) is 8.70. The molecular weight excluding hydrogens is 396 g/mol. The van der Waals surface area contributed by atoms with Crippen LogP contribution in [-0.4, -0.2) is 18.4 Å². The molecule has 126 valence electrons. The Hall–Kier alpha value is -2.05. The fraction of sp³-hybridized carbons (Fsp3) is 0.176. The first-order valence-corrected chi connectivity index (χ1v) is 8.42. The van der Waals surface area contributed by atoms with Gasteiger partial charge in [-0.3, -0.25) is 20.4 Å². The lowest BCUT2D eigenvalue weighted by Crippen LogP contribution is -2.43. The van der Waals surface area contributed by atoms with Crippen molar-refractivity contribution in [1.82, 2.24) is 10.9 Å². The maximum absolute atomic E-state index is 11.8. The Morgan fingerprint density at radius 3 is 2.46 bits per heavy atom. The van der Waals surface area contributed by atoms with Crippen molar-refractivity contribution in [3.8, 4) is 5.75 Å². The Morgan fingerprint density at radius 2 is 1.83 bits per heavy atom. The molecule has 0 aliphatic heterocycles. The van der Waals surface area contributed by atoms with E-state index in [0.717, 1.165) is 16.5 Å². The van der Waals surface area contributed by atoms with E-state index in [-0.39, 0.29) is 6.61 Å². The minimum Gasteiger partial charge on any atom is -0.483 e. The van der Waals surface area contributed by atoms with Gasteiger partial charge in [0.15, 0.2) is 6.61 Å². The first kappa shape index (κ1) is 18.3. The van der Waals surface area contributed by atoms with Gasteiger partial charge in [-0.2, -0.15) is 0 Å². The number of hydrazine groups is 1. The van der Waals surface area contributed by atoms with Crippen LogP contribution in [0.15, 0.2) is 46.9 Å². The molecule has 2 rings (SSSR count). The Kier molecular flexibility index (Phi) is 6.63. The summed E-state index contributed by atoms with van der Waals surface area (Å²) in [6.07, 6.45) is 0.913. The number of amides is 2. The lowest BCUT2D eigenvalue weighted by atomic mass is 10.2. The lowest BCUT2D eigenvalue weighted by molar-refractivity contribution is -0.123. The zero-order chi connectivity index (χ0) is 17.5. The maximum atomic E-state index is 11.8. The van der Waals surface area contributed by atoms with Gasteiger partial charge in [0, 0.05) is 10.6 Å². The molecular formula is C17H16BrClN2O3. The number of benzene rings is 2. The van der Waals surface area contributed by atoms with Gasteiger partial charge in [0.25, 0.3) is 11.8 Å². The molecule has 0 aliphatic carbocycles. The standard InChI is InChI=1S/C17H16BrClN2O3/c1-2-11-3-8-15(14(18)9-11)24-10-16(22)20-21-17(23)12-4-6-13(19)7-5-12/h3-9H,2,10H2,1H3,(H,20,22)(H,21,23). The highest BCUT2D eigenvalue weighted by molar-refractivity contribution is 9.10. The van der Waals surface area contributed by atoms with Gasteiger partial charge < -0.3 is 4.74 Å². The minimum absolute atomic E-state index is 0.217. The van der Waals surface area contributed by atoms with Gasteiger partial charge in [-0.25, -0.2) is 0 Å². The summed E-state index contributed by atoms with van der Waals surface area (Å²) in [7, 11) is 0. The van der Waals surface area contributed by atoms with Crippen LogP contribution in [0, 0.1) is 0 Å². The van der Waals surface area contributed by atoms with Crippen molar-refractivity contribution in [2.45, 2.75) is 13.3 Å². The number of carbonyl (C=O) groups excluding carboxylic acids is 2. The van der Waals surface area contributed by atoms with Gasteiger partial charge in [0.1, 0.15) is 5.75 Å². The summed E-state index contributed by atoms with van der Waals surface area (Å²) >= 11 is 9.15. The summed E-state index contributed by atoms with van der Waals surface area (Å²) in [4.78, 5) is 23.6. The first-order valence-electron chi connectivity index (χ1n) is 7.25. The number of halogens is 2. The zero-order valence-corrected chi connectivity index (χ0v) is 15.3. The van der Waals surface area contributed by atoms with Crippen LogP contribution in [0.1, 0.15) is 22.8 Å². The normalized spacial score (nSPS) is 10.1. The van der Waals surface area contributed by atoms with Crippen LogP contribution in [0.5, 0.6) is 5.75 Å². The van der Waals surface area contributed by atoms with Crippen molar-refractivity contribution in [1.29, 1.82) is 0 Å². The number of ether oxygens (including phenoxy) is 1. The molecule has 0 aromatic heterocycles. The van der Waals surface area contributed by atoms with Crippen molar-refractivity contribution < 1.29 is 14.3 Å². The predicted molar refractivity (Wildman–Crippen MR) is 96.1 cm³/mol. The van der Waals surface area contributed by atoms with Crippen LogP contribution in [0.4, 0.5) is 0 Å². The van der Waals surface area contributed by atoms with Crippen LogP contribution < -0.4 is 15.6 Å². The Labute approximate surface area is 153 Å². The number of hydrogen-bond acceptors (Lipinski definition) is 3. The van der Waals surface area contributed by atoms with E-state index in [1.54, 1.807) is 30.3 Å². The molecule has 2 aromatic rings. The monoisotopic (exact) mass is 410 g/mol. The lowest BCUT2D eigenvalue weighted by Gasteiger charge is -2.10. The molecule has 0 aliphatic rings. The molecule has 0 heterocycles. The van der Waals surface area contributed by atoms with Crippen molar-refractivity contribution >= 4 is 39.3 Å². The maximum Gasteiger partial charge on any atom is 0.276 e. The first-order chi connectivity index (χ1) is 11.5. The molecule has 5 nitrogen and oxygen atoms in total. The predicted octanol–water partition coefficient (Wildman–Crippen LogP) is 3.50. The quantitative estimate of drug-likeness (QED) is 0.740. The third kappa shape index (κ3) is 5.25. The molecule has 0 atom stereocenters. The van der Waals surface area contributed by atoms with Gasteiger partial charge >= 0.3 is 0 Å². The van der Waals surface area contributed by atoms with E-state index >= 15 is 0 Å². The summed E-state index contributed by atoms with van der Waals surface area (Å²) in [6, 6.07) is 12.0. The van der Waals surface area contributed by atoms with Crippen molar-refractivity contribution in [3.05, 3.63) is 63.1 Å². The van der Waals surface area contributed by atoms with Gasteiger partial charge in [0.2, 0.25) is 0 Å². The fourth-order valence-electron chi connectivity index (χ4n) is 1.86. The third-order valence-electron chi connectivity index (χ3n) is 3.19. The van der Waals surface area contributed by atoms with Crippen molar-refractivity contribution in [2.75, 3.05) is 6.61 Å². The zero-order valence-electron chi connectivity index (χ0n) is 12.9. The second-order valence-corrected chi connectivity index (χ2v) is 6.21. The van der Waals surface area contributed by atoms with Crippen LogP contribution in [-0.2, 0) is 11.2 Å². The van der Waals surface area contributed by atoms with Crippen LogP contribution in [0.2, 0.25) is 5.02 Å². The molecule has 0 saturated carbocycles. The number of nitrogens with one attached hydrogen (secondary N) is 2. The van der Waals surface area contributed by atoms with E-state index in [9.17, 15) is 9.59 Å². The van der Waals surface area contributed by atoms with E-state index in [1.165, 1.54) is 0 Å². The topological polar surface area (TPSA) is 67.4 Å². The summed E-state index contributed by atoms with van der Waals surface area (Å²) < 4.78 is 6.20. The SMILES string of the molecule is CCc1ccc(OCC(=O)NNC(=O)c2ccc(Cl)cc2)c(Br)c1. The molecule has 2 N–H and O–H groups in total. The van der Waals surface area contributed by atoms with Crippen LogP contribution in [0.25, 0.3) is 0 Å². The number of rotatable bonds is 5. The summed E-state index contributed by atoms with van der Waals surface area (Å²) in [5.41, 5.74) is 6.16. The summed E-state index contributed by atoms with van der Waals surface area (Å²) in [5.74, 6) is -0.344. The number of carbonyl (C=O) groups is 2. The Morgan fingerprint density at radius 1 is 1.12 bits per heavy atom. The van der Waals surface area contributed by atoms with E-state index in [0.29, 0.717) is 16.3 Å². The Bertz CT molecular complexity index is 735. The molecule has 24 heavy (non-hydrogen) atoms. The molecule has 0 unspecified atom stereocenters. The largest absolute Gasteiger partial charge is 0.483 e. The van der Waals surface area contributed by atoms with Gasteiger partial charge in [-0.1, -0.05) is 24.6 Å². The van der Waals surface area contributed by atoms with E-state index < -0.39 is 11.8 Å². The van der Waals surface area contributed by atoms with E-state index in [4.69, 9.17) is 16.3 Å². The number of hydrogen-bond donors (Lipinski definition) is 2. The molecule has 2 amide bonds. The highest BCUT2D eigenvalue weighted by Gasteiger charge is 2.09. The van der Waals surface area contributed by atoms with Crippen LogP contribution >= 0.6 is 27.5 Å². The average molecular weight is 412 g/mol. The molecule has 0 saturated heterocycles. The average Bonchev–Trinajstić information content (AvgIpc) is 2.59. The van der Waals surface area contributed by atoms with Gasteiger partial charge in [-0.15, -0.1) is 0 Å². The van der Waals surface area contributed by atoms with E-state index in [2.05, 4.69) is 33.7 Å². The van der Waals surface area contributed by atoms with E-state index in [1.807, 2.05) is 12.1 Å². The molecule has 2 aromatic carbocycles. The van der Waals surface area contributed by atoms with Gasteiger partial charge in [-0.05, 0) is 64.3 Å². The third-order valence-corrected chi connectivity index (χ3v) is 4.06. The molecule has 0 spiro atoms. The minimum atomic E-state index is -0.469. The molecule has 0 bridgehead atoms. The highest BCUT2D eigenvalue weighted by atomic mass is 79.9. The molecule has 0 radical (unpaired) electrons. The van der Waals surface area contributed by atoms with Crippen LogP contribution in [0.3, 0.4) is 0 Å². The molecule has 0 fully saturated rings. The summed E-state index contributed by atoms with van der Waals surface area (Å²) in [5, 5.41) is 0.531. The smallest absolute Gasteiger partial charge is 0.276 e.